The second-order valence-corrected chi connectivity index (χ2v) is 10.5. The van der Waals surface area contributed by atoms with E-state index in [-0.39, 0.29) is 27.2 Å². The largest absolute Gasteiger partial charge is 0.461 e. The van der Waals surface area contributed by atoms with Gasteiger partial charge < -0.3 is 10.1 Å². The molecule has 1 heterocycles. The van der Waals surface area contributed by atoms with Gasteiger partial charge in [0.1, 0.15) is 5.01 Å². The fraction of sp³-hybridized carbons (Fsp3) is 0.182. The molecule has 0 aliphatic carbocycles. The molecule has 0 amide bonds. The van der Waals surface area contributed by atoms with Crippen LogP contribution >= 0.6 is 22.9 Å². The third-order valence-electron chi connectivity index (χ3n) is 4.56. The highest BCUT2D eigenvalue weighted by molar-refractivity contribution is 7.90. The second-order valence-electron chi connectivity index (χ2n) is 7.17. The van der Waals surface area contributed by atoms with E-state index < -0.39 is 44.0 Å². The van der Waals surface area contributed by atoms with Gasteiger partial charge in [-0.15, -0.1) is 10.2 Å². The maximum Gasteiger partial charge on any atom is 0.418 e. The lowest BCUT2D eigenvalue weighted by molar-refractivity contribution is -0.137. The van der Waals surface area contributed by atoms with Crippen molar-refractivity contribution in [1.82, 2.24) is 10.2 Å². The van der Waals surface area contributed by atoms with E-state index in [2.05, 4.69) is 15.5 Å². The van der Waals surface area contributed by atoms with Crippen LogP contribution in [-0.2, 0) is 25.5 Å². The third kappa shape index (κ3) is 6.28. The summed E-state index contributed by atoms with van der Waals surface area (Å²) in [6.45, 7) is 1.47. The number of hydrogen-bond donors (Lipinski definition) is 2. The van der Waals surface area contributed by atoms with Crippen molar-refractivity contribution in [1.29, 1.82) is 5.41 Å². The van der Waals surface area contributed by atoms with E-state index in [0.29, 0.717) is 5.56 Å². The molecule has 3 rings (SSSR count). The molecular weight excluding hydrogens is 541 g/mol. The normalized spacial score (nSPS) is 12.6. The first-order valence-electron chi connectivity index (χ1n) is 10.1. The summed E-state index contributed by atoms with van der Waals surface area (Å²) < 4.78 is 69.3. The molecule has 0 radical (unpaired) electrons. The minimum atomic E-state index is -4.71. The Kier molecular flexibility index (Phi) is 8.16. The second kappa shape index (κ2) is 10.8. The Labute approximate surface area is 213 Å². The van der Waals surface area contributed by atoms with Gasteiger partial charge in [0, 0.05) is 11.8 Å². The molecule has 3 aromatic rings. The van der Waals surface area contributed by atoms with Crippen molar-refractivity contribution in [3.8, 4) is 10.6 Å². The number of hydrogen-bond acceptors (Lipinski definition) is 9. The molecule has 0 saturated heterocycles. The first-order chi connectivity index (χ1) is 16.8. The highest BCUT2D eigenvalue weighted by Gasteiger charge is 2.34. The number of nitrogens with zero attached hydrogens (tertiary/aromatic N) is 2. The van der Waals surface area contributed by atoms with Gasteiger partial charge in [-0.1, -0.05) is 47.2 Å². The van der Waals surface area contributed by atoms with Crippen molar-refractivity contribution in [3.05, 3.63) is 64.1 Å². The van der Waals surface area contributed by atoms with Gasteiger partial charge >= 0.3 is 12.1 Å². The van der Waals surface area contributed by atoms with Crippen LogP contribution in [0.15, 0.2) is 58.5 Å². The molecule has 0 fully saturated rings. The Morgan fingerprint density at radius 1 is 1.17 bits per heavy atom. The molecule has 36 heavy (non-hydrogen) atoms. The zero-order chi connectivity index (χ0) is 26.7. The lowest BCUT2D eigenvalue weighted by atomic mass is 10.1. The SMILES string of the molecule is CCOC(=O)C(=N)/C(Cl)=C(\Nc1ccccc1C(F)(F)F)c1nnc(-c2cccc(S(C)(=O)=O)c2)s1. The molecule has 0 spiro atoms. The van der Waals surface area contributed by atoms with Crippen molar-refractivity contribution >= 4 is 55.8 Å². The summed E-state index contributed by atoms with van der Waals surface area (Å²) in [5.74, 6) is -1.09. The summed E-state index contributed by atoms with van der Waals surface area (Å²) in [5, 5.41) is 18.2. The summed E-state index contributed by atoms with van der Waals surface area (Å²) in [5.41, 5.74) is -2.12. The van der Waals surface area contributed by atoms with E-state index >= 15 is 0 Å². The molecule has 14 heteroatoms. The van der Waals surface area contributed by atoms with Crippen molar-refractivity contribution in [2.24, 2.45) is 0 Å². The summed E-state index contributed by atoms with van der Waals surface area (Å²) in [6, 6.07) is 10.4. The molecule has 190 valence electrons. The molecule has 0 aliphatic heterocycles. The molecule has 8 nitrogen and oxygen atoms in total. The lowest BCUT2D eigenvalue weighted by Gasteiger charge is -2.16. The van der Waals surface area contributed by atoms with E-state index in [1.54, 1.807) is 6.07 Å². The van der Waals surface area contributed by atoms with Gasteiger partial charge in [0.25, 0.3) is 0 Å². The van der Waals surface area contributed by atoms with Crippen molar-refractivity contribution in [2.45, 2.75) is 18.0 Å². The fourth-order valence-electron chi connectivity index (χ4n) is 2.89. The molecule has 0 aliphatic rings. The zero-order valence-corrected chi connectivity index (χ0v) is 21.1. The lowest BCUT2D eigenvalue weighted by Crippen LogP contribution is -2.19. The molecular formula is C22H18ClF3N4O4S2. The number of nitrogens with one attached hydrogen (secondary N) is 2. The molecule has 2 aromatic carbocycles. The van der Waals surface area contributed by atoms with Crippen LogP contribution < -0.4 is 5.32 Å². The number of carbonyl (C=O) groups excluding carboxylic acids is 1. The van der Waals surface area contributed by atoms with E-state index in [1.807, 2.05) is 0 Å². The van der Waals surface area contributed by atoms with Crippen LogP contribution in [0.5, 0.6) is 0 Å². The number of halogens is 4. The first-order valence-corrected chi connectivity index (χ1v) is 13.1. The molecule has 0 bridgehead atoms. The van der Waals surface area contributed by atoms with Crippen molar-refractivity contribution in [2.75, 3.05) is 18.2 Å². The van der Waals surface area contributed by atoms with Crippen LogP contribution in [0.4, 0.5) is 18.9 Å². The average molecular weight is 559 g/mol. The summed E-state index contributed by atoms with van der Waals surface area (Å²) in [4.78, 5) is 12.1. The molecule has 0 atom stereocenters. The molecule has 0 saturated carbocycles. The van der Waals surface area contributed by atoms with Crippen LogP contribution in [0.2, 0.25) is 0 Å². The zero-order valence-electron chi connectivity index (χ0n) is 18.7. The van der Waals surface area contributed by atoms with Gasteiger partial charge in [-0.2, -0.15) is 13.2 Å². The van der Waals surface area contributed by atoms with Crippen LogP contribution in [0.1, 0.15) is 17.5 Å². The predicted octanol–water partition coefficient (Wildman–Crippen LogP) is 5.23. The average Bonchev–Trinajstić information content (AvgIpc) is 3.31. The standard InChI is InChI=1S/C22H18ClF3N4O4S2/c1-3-34-21(31)17(27)16(23)18(28-15-10-5-4-9-14(15)22(24,25)26)20-30-29-19(35-20)12-7-6-8-13(11-12)36(2,32)33/h4-11,27-28H,3H2,1-2H3/b18-16+,27-17?. The van der Waals surface area contributed by atoms with Gasteiger partial charge in [0.05, 0.1) is 33.5 Å². The maximum absolute atomic E-state index is 13.6. The number of rotatable bonds is 8. The Balaban J connectivity index is 2.13. The molecule has 2 N–H and O–H groups in total. The third-order valence-corrected chi connectivity index (χ3v) is 7.04. The number of anilines is 1. The van der Waals surface area contributed by atoms with E-state index in [9.17, 15) is 26.4 Å². The Hall–Kier alpha value is -3.29. The van der Waals surface area contributed by atoms with Crippen LogP contribution in [-0.4, -0.2) is 43.2 Å². The monoisotopic (exact) mass is 558 g/mol. The van der Waals surface area contributed by atoms with Crippen LogP contribution in [0, 0.1) is 5.41 Å². The number of sulfone groups is 1. The predicted molar refractivity (Wildman–Crippen MR) is 131 cm³/mol. The number of carbonyl (C=O) groups is 1. The van der Waals surface area contributed by atoms with Gasteiger partial charge in [-0.25, -0.2) is 13.2 Å². The molecule has 1 aromatic heterocycles. The number of para-hydroxylation sites is 1. The van der Waals surface area contributed by atoms with Crippen molar-refractivity contribution < 1.29 is 31.1 Å². The topological polar surface area (TPSA) is 122 Å². The Morgan fingerprint density at radius 2 is 1.86 bits per heavy atom. The van der Waals surface area contributed by atoms with Crippen molar-refractivity contribution in [3.63, 3.8) is 0 Å². The number of aromatic nitrogens is 2. The fourth-order valence-corrected chi connectivity index (χ4v) is 4.68. The number of alkyl halides is 3. The summed E-state index contributed by atoms with van der Waals surface area (Å²) in [7, 11) is -3.51. The minimum Gasteiger partial charge on any atom is -0.461 e. The van der Waals surface area contributed by atoms with Gasteiger partial charge in [-0.3, -0.25) is 5.41 Å². The Morgan fingerprint density at radius 3 is 2.50 bits per heavy atom. The number of benzene rings is 2. The van der Waals surface area contributed by atoms with E-state index in [1.165, 1.54) is 37.3 Å². The van der Waals surface area contributed by atoms with Gasteiger partial charge in [0.2, 0.25) is 0 Å². The smallest absolute Gasteiger partial charge is 0.418 e. The minimum absolute atomic E-state index is 0.0341. The highest BCUT2D eigenvalue weighted by Crippen LogP contribution is 2.38. The highest BCUT2D eigenvalue weighted by atomic mass is 35.5. The van der Waals surface area contributed by atoms with Gasteiger partial charge in [-0.05, 0) is 31.2 Å². The van der Waals surface area contributed by atoms with Crippen LogP contribution in [0.3, 0.4) is 0 Å². The number of ether oxygens (including phenoxy) is 1. The number of esters is 1. The van der Waals surface area contributed by atoms with E-state index in [0.717, 1.165) is 29.7 Å². The summed E-state index contributed by atoms with van der Waals surface area (Å²) in [6.07, 6.45) is -3.67. The van der Waals surface area contributed by atoms with Gasteiger partial charge in [0.15, 0.2) is 20.6 Å². The van der Waals surface area contributed by atoms with Crippen LogP contribution in [0.25, 0.3) is 16.3 Å². The molecule has 0 unspecified atom stereocenters. The quantitative estimate of drug-likeness (QED) is 0.287. The van der Waals surface area contributed by atoms with E-state index in [4.69, 9.17) is 21.7 Å². The Bertz CT molecular complexity index is 1450. The summed E-state index contributed by atoms with van der Waals surface area (Å²) >= 11 is 7.15. The maximum atomic E-state index is 13.6. The first kappa shape index (κ1) is 27.3.